The van der Waals surface area contributed by atoms with Crippen molar-refractivity contribution in [3.05, 3.63) is 59.8 Å². The zero-order valence-corrected chi connectivity index (χ0v) is 17.8. The van der Waals surface area contributed by atoms with Crippen LogP contribution < -0.4 is 25.6 Å². The minimum absolute atomic E-state index is 0.318. The van der Waals surface area contributed by atoms with Crippen LogP contribution in [-0.2, 0) is 0 Å². The van der Waals surface area contributed by atoms with Crippen molar-refractivity contribution in [1.29, 1.82) is 0 Å². The van der Waals surface area contributed by atoms with Crippen molar-refractivity contribution in [3.63, 3.8) is 0 Å². The van der Waals surface area contributed by atoms with E-state index in [2.05, 4.69) is 25.9 Å². The number of methoxy groups -OCH3 is 1. The number of hydrogen-bond donors (Lipinski definition) is 3. The number of ether oxygens (including phenoxy) is 1. The number of urea groups is 1. The monoisotopic (exact) mass is 406 g/mol. The lowest BCUT2D eigenvalue weighted by atomic mass is 10.2. The number of carbonyl (C=O) groups excluding carboxylic acids is 1. The van der Waals surface area contributed by atoms with Crippen LogP contribution in [0.3, 0.4) is 0 Å². The van der Waals surface area contributed by atoms with Crippen molar-refractivity contribution < 1.29 is 9.53 Å². The molecule has 0 aliphatic carbocycles. The van der Waals surface area contributed by atoms with Crippen LogP contribution in [0, 0.1) is 13.8 Å². The van der Waals surface area contributed by atoms with E-state index in [0.717, 1.165) is 34.2 Å². The second-order valence-electron chi connectivity index (χ2n) is 7.05. The van der Waals surface area contributed by atoms with Gasteiger partial charge in [-0.05, 0) is 61.9 Å². The molecule has 1 heterocycles. The lowest BCUT2D eigenvalue weighted by Gasteiger charge is -2.14. The molecule has 0 saturated carbocycles. The van der Waals surface area contributed by atoms with Crippen molar-refractivity contribution in [2.24, 2.45) is 0 Å². The predicted octanol–water partition coefficient (Wildman–Crippen LogP) is 4.56. The number of aryl methyl sites for hydroxylation is 2. The summed E-state index contributed by atoms with van der Waals surface area (Å²) in [6, 6.07) is 14.4. The van der Waals surface area contributed by atoms with Gasteiger partial charge in [0.05, 0.1) is 7.11 Å². The van der Waals surface area contributed by atoms with Crippen LogP contribution in [-0.4, -0.2) is 37.2 Å². The highest BCUT2D eigenvalue weighted by molar-refractivity contribution is 6.00. The summed E-state index contributed by atoms with van der Waals surface area (Å²) < 4.78 is 5.18. The highest BCUT2D eigenvalue weighted by Crippen LogP contribution is 2.22. The van der Waals surface area contributed by atoms with Gasteiger partial charge in [-0.25, -0.2) is 9.78 Å². The van der Waals surface area contributed by atoms with Gasteiger partial charge in [0.1, 0.15) is 11.6 Å². The maximum absolute atomic E-state index is 12.3. The Kier molecular flexibility index (Phi) is 6.36. The van der Waals surface area contributed by atoms with E-state index in [0.29, 0.717) is 11.6 Å². The predicted molar refractivity (Wildman–Crippen MR) is 121 cm³/mol. The molecule has 3 aromatic rings. The molecule has 0 fully saturated rings. The van der Waals surface area contributed by atoms with Gasteiger partial charge in [0.25, 0.3) is 0 Å². The van der Waals surface area contributed by atoms with E-state index < -0.39 is 0 Å². The lowest BCUT2D eigenvalue weighted by Crippen LogP contribution is -2.19. The van der Waals surface area contributed by atoms with Gasteiger partial charge in [0.2, 0.25) is 5.95 Å². The first kappa shape index (κ1) is 20.9. The van der Waals surface area contributed by atoms with Gasteiger partial charge in [-0.3, -0.25) is 0 Å². The molecule has 2 amide bonds. The first-order valence-electron chi connectivity index (χ1n) is 9.47. The molecule has 0 unspecified atom stereocenters. The fraction of sp³-hybridized carbons (Fsp3) is 0.227. The summed E-state index contributed by atoms with van der Waals surface area (Å²) in [6.45, 7) is 3.84. The molecular formula is C22H26N6O2. The van der Waals surface area contributed by atoms with Crippen molar-refractivity contribution in [2.45, 2.75) is 13.8 Å². The van der Waals surface area contributed by atoms with Gasteiger partial charge in [-0.2, -0.15) is 4.98 Å². The number of amides is 2. The molecule has 2 aromatic carbocycles. The molecule has 0 atom stereocenters. The van der Waals surface area contributed by atoms with Gasteiger partial charge in [-0.1, -0.05) is 0 Å². The molecule has 0 bridgehead atoms. The van der Waals surface area contributed by atoms with E-state index in [9.17, 15) is 4.79 Å². The van der Waals surface area contributed by atoms with E-state index in [1.165, 1.54) is 0 Å². The van der Waals surface area contributed by atoms with Crippen LogP contribution in [0.5, 0.6) is 5.75 Å². The maximum atomic E-state index is 12.3. The number of rotatable bonds is 6. The molecule has 0 aliphatic heterocycles. The molecule has 8 nitrogen and oxygen atoms in total. The number of nitrogens with one attached hydrogen (secondary N) is 3. The van der Waals surface area contributed by atoms with Crippen LogP contribution in [0.15, 0.2) is 48.5 Å². The molecule has 156 valence electrons. The topological polar surface area (TPSA) is 91.4 Å². The molecule has 1 aromatic heterocycles. The van der Waals surface area contributed by atoms with Crippen molar-refractivity contribution in [1.82, 2.24) is 9.97 Å². The SMILES string of the molecule is COc1ccc(NC(=O)Nc2ccc(Nc3nc(C)cc(N(C)C)n3)cc2)c(C)c1. The van der Waals surface area contributed by atoms with Crippen LogP contribution in [0.4, 0.5) is 33.6 Å². The van der Waals surface area contributed by atoms with E-state index in [1.807, 2.05) is 75.3 Å². The van der Waals surface area contributed by atoms with Gasteiger partial charge < -0.3 is 25.6 Å². The summed E-state index contributed by atoms with van der Waals surface area (Å²) in [6.07, 6.45) is 0. The molecule has 0 radical (unpaired) electrons. The summed E-state index contributed by atoms with van der Waals surface area (Å²) in [5, 5.41) is 8.85. The summed E-state index contributed by atoms with van der Waals surface area (Å²) in [7, 11) is 5.48. The molecule has 30 heavy (non-hydrogen) atoms. The standard InChI is InChI=1S/C22H26N6O2/c1-14-12-18(30-5)10-11-19(14)26-22(29)25-17-8-6-16(7-9-17)24-21-23-15(2)13-20(27-21)28(3)4/h6-13H,1-5H3,(H,23,24,27)(H2,25,26,29). The normalized spacial score (nSPS) is 10.3. The van der Waals surface area contributed by atoms with Gasteiger partial charge >= 0.3 is 6.03 Å². The number of nitrogens with zero attached hydrogens (tertiary/aromatic N) is 3. The van der Waals surface area contributed by atoms with E-state index in [4.69, 9.17) is 4.74 Å². The van der Waals surface area contributed by atoms with Crippen molar-refractivity contribution in [2.75, 3.05) is 42.1 Å². The maximum Gasteiger partial charge on any atom is 0.323 e. The van der Waals surface area contributed by atoms with Gasteiger partial charge in [0.15, 0.2) is 0 Å². The van der Waals surface area contributed by atoms with Crippen LogP contribution >= 0.6 is 0 Å². The number of benzene rings is 2. The fourth-order valence-corrected chi connectivity index (χ4v) is 2.79. The van der Waals surface area contributed by atoms with Crippen molar-refractivity contribution >= 4 is 34.9 Å². The zero-order chi connectivity index (χ0) is 21.7. The molecule has 0 spiro atoms. The summed E-state index contributed by atoms with van der Waals surface area (Å²) in [4.78, 5) is 23.1. The Morgan fingerprint density at radius 2 is 1.63 bits per heavy atom. The zero-order valence-electron chi connectivity index (χ0n) is 17.8. The molecular weight excluding hydrogens is 380 g/mol. The Labute approximate surface area is 176 Å². The summed E-state index contributed by atoms with van der Waals surface area (Å²) >= 11 is 0. The molecule has 3 rings (SSSR count). The van der Waals surface area contributed by atoms with Crippen molar-refractivity contribution in [3.8, 4) is 5.75 Å². The highest BCUT2D eigenvalue weighted by atomic mass is 16.5. The number of anilines is 5. The van der Waals surface area contributed by atoms with Gasteiger partial charge in [0, 0.05) is 42.9 Å². The lowest BCUT2D eigenvalue weighted by molar-refractivity contribution is 0.262. The quantitative estimate of drug-likeness (QED) is 0.556. The minimum Gasteiger partial charge on any atom is -0.497 e. The molecule has 8 heteroatoms. The number of aromatic nitrogens is 2. The Balaban J connectivity index is 1.62. The first-order valence-corrected chi connectivity index (χ1v) is 9.47. The minimum atomic E-state index is -0.318. The average Bonchev–Trinajstić information content (AvgIpc) is 2.70. The summed E-state index contributed by atoms with van der Waals surface area (Å²) in [5.41, 5.74) is 4.00. The van der Waals surface area contributed by atoms with E-state index in [1.54, 1.807) is 13.2 Å². The van der Waals surface area contributed by atoms with Crippen LogP contribution in [0.25, 0.3) is 0 Å². The Morgan fingerprint density at radius 1 is 0.933 bits per heavy atom. The average molecular weight is 406 g/mol. The van der Waals surface area contributed by atoms with Gasteiger partial charge in [-0.15, -0.1) is 0 Å². The smallest absolute Gasteiger partial charge is 0.323 e. The highest BCUT2D eigenvalue weighted by Gasteiger charge is 2.07. The van der Waals surface area contributed by atoms with E-state index in [-0.39, 0.29) is 6.03 Å². The molecule has 0 aliphatic rings. The Bertz CT molecular complexity index is 1030. The second kappa shape index (κ2) is 9.13. The summed E-state index contributed by atoms with van der Waals surface area (Å²) in [5.74, 6) is 2.10. The second-order valence-corrected chi connectivity index (χ2v) is 7.05. The molecule has 3 N–H and O–H groups in total. The Hall–Kier alpha value is -3.81. The number of hydrogen-bond acceptors (Lipinski definition) is 6. The fourth-order valence-electron chi connectivity index (χ4n) is 2.79. The Morgan fingerprint density at radius 3 is 2.27 bits per heavy atom. The van der Waals surface area contributed by atoms with Crippen LogP contribution in [0.1, 0.15) is 11.3 Å². The van der Waals surface area contributed by atoms with Crippen LogP contribution in [0.2, 0.25) is 0 Å². The number of carbonyl (C=O) groups is 1. The third-order valence-corrected chi connectivity index (χ3v) is 4.38. The largest absolute Gasteiger partial charge is 0.497 e. The first-order chi connectivity index (χ1) is 14.3. The molecule has 0 saturated heterocycles. The van der Waals surface area contributed by atoms with E-state index >= 15 is 0 Å². The third-order valence-electron chi connectivity index (χ3n) is 4.38. The third kappa shape index (κ3) is 5.38.